The number of halogens is 2. The third kappa shape index (κ3) is 2.19. The van der Waals surface area contributed by atoms with E-state index in [1.807, 2.05) is 0 Å². The van der Waals surface area contributed by atoms with Crippen molar-refractivity contribution in [2.45, 2.75) is 63.6 Å². The molecule has 4 aliphatic rings. The number of carbonyl (C=O) groups is 2. The van der Waals surface area contributed by atoms with Crippen LogP contribution in [0.1, 0.15) is 40.0 Å². The smallest absolute Gasteiger partial charge is 0.190 e. The largest absolute Gasteiger partial charge is 0.390 e. The van der Waals surface area contributed by atoms with Gasteiger partial charge in [0, 0.05) is 16.7 Å². The van der Waals surface area contributed by atoms with Crippen LogP contribution in [0.5, 0.6) is 0 Å². The molecule has 4 rings (SSSR count). The van der Waals surface area contributed by atoms with Crippen LogP contribution in [0.2, 0.25) is 0 Å². The Kier molecular flexibility index (Phi) is 4.34. The van der Waals surface area contributed by atoms with E-state index in [1.165, 1.54) is 19.1 Å². The lowest BCUT2D eigenvalue weighted by atomic mass is 9.44. The molecule has 0 spiro atoms. The number of aliphatic hydroxyl groups is 3. The summed E-state index contributed by atoms with van der Waals surface area (Å²) >= 11 is 0. The summed E-state index contributed by atoms with van der Waals surface area (Å²) < 4.78 is 32.1. The van der Waals surface area contributed by atoms with E-state index in [0.717, 1.165) is 6.08 Å². The fourth-order valence-corrected chi connectivity index (χ4v) is 7.25. The molecule has 0 aromatic carbocycles. The Balaban J connectivity index is 1.87. The van der Waals surface area contributed by atoms with Crippen molar-refractivity contribution in [3.63, 3.8) is 0 Å². The van der Waals surface area contributed by atoms with Crippen molar-refractivity contribution >= 4 is 11.6 Å². The first kappa shape index (κ1) is 20.8. The standard InChI is InChI=1S/C22H28F2O5/c1-11-6-13-14-8-16(23)15-7-12(26)4-5-19(15,2)21(14,24)17(27)9-20(13,3)22(11,29)18(28)10-25/h4-5,7,11,13-14,16-17,25,27,29H,6,8-10H2,1-3H3/t11-,13+,14+,16+,17-,19+,20+,21-,22+/m1/s1. The van der Waals surface area contributed by atoms with Crippen LogP contribution in [0.3, 0.4) is 0 Å². The van der Waals surface area contributed by atoms with Crippen LogP contribution in [0.4, 0.5) is 8.78 Å². The van der Waals surface area contributed by atoms with E-state index in [-0.39, 0.29) is 24.8 Å². The van der Waals surface area contributed by atoms with E-state index in [2.05, 4.69) is 0 Å². The second kappa shape index (κ2) is 6.05. The lowest BCUT2D eigenvalue weighted by molar-refractivity contribution is -0.223. The van der Waals surface area contributed by atoms with Crippen LogP contribution < -0.4 is 0 Å². The van der Waals surface area contributed by atoms with Gasteiger partial charge in [-0.3, -0.25) is 9.59 Å². The molecule has 0 aromatic rings. The predicted molar refractivity (Wildman–Crippen MR) is 100 cm³/mol. The van der Waals surface area contributed by atoms with Gasteiger partial charge < -0.3 is 15.3 Å². The summed E-state index contributed by atoms with van der Waals surface area (Å²) in [5.41, 5.74) is -6.81. The van der Waals surface area contributed by atoms with E-state index in [0.29, 0.717) is 0 Å². The zero-order valence-electron chi connectivity index (χ0n) is 16.9. The number of hydrogen-bond acceptors (Lipinski definition) is 5. The number of allylic oxidation sites excluding steroid dienone is 4. The SMILES string of the molecule is C[C@@H]1C[C@H]2[C@@H]3C[C@H](F)C4=CC(=O)C=C[C@]4(C)[C@]3(F)[C@H](O)C[C@]2(C)[C@@]1(O)C(=O)CO. The molecule has 9 atom stereocenters. The number of fused-ring (bicyclic) bond motifs is 5. The molecule has 0 heterocycles. The van der Waals surface area contributed by atoms with Crippen LogP contribution in [0.15, 0.2) is 23.8 Å². The Labute approximate surface area is 168 Å². The molecule has 0 aromatic heterocycles. The summed E-state index contributed by atoms with van der Waals surface area (Å²) in [6.45, 7) is 3.96. The number of hydrogen-bond donors (Lipinski definition) is 3. The third-order valence-electron chi connectivity index (χ3n) is 8.78. The van der Waals surface area contributed by atoms with Crippen LogP contribution in [-0.4, -0.2) is 57.0 Å². The molecule has 4 aliphatic carbocycles. The lowest BCUT2D eigenvalue weighted by Crippen LogP contribution is -2.70. The van der Waals surface area contributed by atoms with Crippen molar-refractivity contribution in [2.24, 2.45) is 28.6 Å². The lowest BCUT2D eigenvalue weighted by Gasteiger charge is -2.63. The minimum absolute atomic E-state index is 0.0409. The third-order valence-corrected chi connectivity index (χ3v) is 8.78. The van der Waals surface area contributed by atoms with Gasteiger partial charge >= 0.3 is 0 Å². The molecule has 160 valence electrons. The van der Waals surface area contributed by atoms with Crippen LogP contribution >= 0.6 is 0 Å². The van der Waals surface area contributed by atoms with E-state index in [9.17, 15) is 24.9 Å². The maximum absolute atomic E-state index is 16.9. The fourth-order valence-electron chi connectivity index (χ4n) is 7.25. The minimum Gasteiger partial charge on any atom is -0.390 e. The Bertz CT molecular complexity index is 839. The van der Waals surface area contributed by atoms with Crippen molar-refractivity contribution in [3.05, 3.63) is 23.8 Å². The summed E-state index contributed by atoms with van der Waals surface area (Å²) in [6.07, 6.45) is 0.427. The molecule has 0 unspecified atom stereocenters. The van der Waals surface area contributed by atoms with Gasteiger partial charge in [0.05, 0.1) is 6.10 Å². The topological polar surface area (TPSA) is 94.8 Å². The molecule has 0 radical (unpaired) electrons. The fraction of sp³-hybridized carbons (Fsp3) is 0.727. The summed E-state index contributed by atoms with van der Waals surface area (Å²) in [4.78, 5) is 24.3. The van der Waals surface area contributed by atoms with Gasteiger partial charge in [-0.05, 0) is 55.7 Å². The maximum Gasteiger partial charge on any atom is 0.190 e. The van der Waals surface area contributed by atoms with Gasteiger partial charge in [-0.15, -0.1) is 0 Å². The molecular formula is C22H28F2O5. The van der Waals surface area contributed by atoms with Gasteiger partial charge in [-0.2, -0.15) is 0 Å². The molecule has 7 heteroatoms. The zero-order chi connectivity index (χ0) is 21.6. The van der Waals surface area contributed by atoms with E-state index in [1.54, 1.807) is 13.8 Å². The van der Waals surface area contributed by atoms with Crippen molar-refractivity contribution in [1.29, 1.82) is 0 Å². The molecule has 0 aliphatic heterocycles. The Morgan fingerprint density at radius 1 is 1.28 bits per heavy atom. The van der Waals surface area contributed by atoms with Gasteiger partial charge in [0.2, 0.25) is 0 Å². The first-order chi connectivity index (χ1) is 13.4. The number of carbonyl (C=O) groups excluding carboxylic acids is 2. The first-order valence-corrected chi connectivity index (χ1v) is 10.2. The zero-order valence-corrected chi connectivity index (χ0v) is 16.9. The number of ketones is 2. The molecular weight excluding hydrogens is 382 g/mol. The molecule has 0 bridgehead atoms. The summed E-state index contributed by atoms with van der Waals surface area (Å²) in [5, 5.41) is 31.9. The van der Waals surface area contributed by atoms with Gasteiger partial charge in [-0.1, -0.05) is 19.9 Å². The highest BCUT2D eigenvalue weighted by Gasteiger charge is 2.76. The van der Waals surface area contributed by atoms with Gasteiger partial charge in [0.1, 0.15) is 18.4 Å². The number of rotatable bonds is 2. The first-order valence-electron chi connectivity index (χ1n) is 10.2. The van der Waals surface area contributed by atoms with Gasteiger partial charge in [0.25, 0.3) is 0 Å². The Morgan fingerprint density at radius 3 is 2.55 bits per heavy atom. The van der Waals surface area contributed by atoms with E-state index in [4.69, 9.17) is 0 Å². The quantitative estimate of drug-likeness (QED) is 0.646. The van der Waals surface area contributed by atoms with Crippen LogP contribution in [-0.2, 0) is 9.59 Å². The highest BCUT2D eigenvalue weighted by molar-refractivity contribution is 6.01. The highest BCUT2D eigenvalue weighted by atomic mass is 19.1. The molecule has 0 amide bonds. The van der Waals surface area contributed by atoms with Crippen molar-refractivity contribution in [2.75, 3.05) is 6.61 Å². The Morgan fingerprint density at radius 2 is 1.93 bits per heavy atom. The van der Waals surface area contributed by atoms with Crippen molar-refractivity contribution < 1.29 is 33.7 Å². The number of aliphatic hydroxyl groups excluding tert-OH is 2. The molecule has 0 saturated heterocycles. The number of alkyl halides is 2. The second-order valence-corrected chi connectivity index (χ2v) is 9.84. The van der Waals surface area contributed by atoms with Crippen LogP contribution in [0, 0.1) is 28.6 Å². The highest BCUT2D eigenvalue weighted by Crippen LogP contribution is 2.70. The van der Waals surface area contributed by atoms with E-state index >= 15 is 8.78 Å². The predicted octanol–water partition coefficient (Wildman–Crippen LogP) is 1.84. The van der Waals surface area contributed by atoms with Crippen LogP contribution in [0.25, 0.3) is 0 Å². The van der Waals surface area contributed by atoms with Gasteiger partial charge in [0.15, 0.2) is 17.2 Å². The average molecular weight is 410 g/mol. The summed E-state index contributed by atoms with van der Waals surface area (Å²) in [7, 11) is 0. The molecule has 3 N–H and O–H groups in total. The Hall–Kier alpha value is -1.44. The molecule has 5 nitrogen and oxygen atoms in total. The van der Waals surface area contributed by atoms with Gasteiger partial charge in [-0.25, -0.2) is 8.78 Å². The average Bonchev–Trinajstić information content (AvgIpc) is 2.86. The second-order valence-electron chi connectivity index (χ2n) is 9.84. The summed E-state index contributed by atoms with van der Waals surface area (Å²) in [5.74, 6) is -3.24. The molecule has 3 fully saturated rings. The monoisotopic (exact) mass is 410 g/mol. The minimum atomic E-state index is -2.24. The van der Waals surface area contributed by atoms with Crippen molar-refractivity contribution in [3.8, 4) is 0 Å². The van der Waals surface area contributed by atoms with E-state index < -0.39 is 70.3 Å². The van der Waals surface area contributed by atoms with Crippen molar-refractivity contribution in [1.82, 2.24) is 0 Å². The molecule has 29 heavy (non-hydrogen) atoms. The number of Topliss-reactive ketones (excluding diaryl/α,β-unsaturated/α-hetero) is 1. The molecule has 3 saturated carbocycles. The summed E-state index contributed by atoms with van der Waals surface area (Å²) in [6, 6.07) is 0. The maximum atomic E-state index is 16.9. The normalized spacial score (nSPS) is 53.7.